The molecule has 0 saturated carbocycles. The van der Waals surface area contributed by atoms with E-state index in [2.05, 4.69) is 35.5 Å². The van der Waals surface area contributed by atoms with Crippen molar-refractivity contribution in [1.29, 1.82) is 0 Å². The van der Waals surface area contributed by atoms with Crippen LogP contribution in [0.4, 0.5) is 5.69 Å². The third-order valence-corrected chi connectivity index (χ3v) is 4.23. The number of hydrogen-bond donors (Lipinski definition) is 1. The Morgan fingerprint density at radius 2 is 2.04 bits per heavy atom. The number of aromatic nitrogens is 3. The third-order valence-electron chi connectivity index (χ3n) is 4.23. The summed E-state index contributed by atoms with van der Waals surface area (Å²) < 4.78 is 7.19. The number of hydrogen-bond acceptors (Lipinski definition) is 5. The molecule has 2 heterocycles. The van der Waals surface area contributed by atoms with Crippen LogP contribution in [0.1, 0.15) is 12.1 Å². The minimum absolute atomic E-state index is 0. The molecule has 3 aromatic rings. The molecule has 2 aromatic heterocycles. The Kier molecular flexibility index (Phi) is 6.08. The van der Waals surface area contributed by atoms with Gasteiger partial charge in [0.2, 0.25) is 0 Å². The summed E-state index contributed by atoms with van der Waals surface area (Å²) in [5.74, 6) is 0.812. The highest BCUT2D eigenvalue weighted by atomic mass is 35.5. The van der Waals surface area contributed by atoms with Crippen molar-refractivity contribution < 1.29 is 4.74 Å². The molecule has 0 bridgehead atoms. The van der Waals surface area contributed by atoms with E-state index in [0.29, 0.717) is 0 Å². The monoisotopic (exact) mass is 363 g/mol. The summed E-state index contributed by atoms with van der Waals surface area (Å²) in [5, 5.41) is 10.4. The Morgan fingerprint density at radius 1 is 1.28 bits per heavy atom. The minimum atomic E-state index is 0. The van der Waals surface area contributed by atoms with Crippen LogP contribution in [0.3, 0.4) is 0 Å². The molecule has 0 aliphatic carbocycles. The van der Waals surface area contributed by atoms with Gasteiger partial charge in [-0.25, -0.2) is 4.98 Å². The quantitative estimate of drug-likeness (QED) is 0.681. The standard InChI is InChI=1S/C18H25N5O.ClH/c1-12-16-17(19-9-6-10-22(2)3)14-8-7-13(24-5)11-15(14)20-18(16)23(4)21-12;/h7-8,11H,6,9-10H2,1-5H3,(H,19,20);1H. The molecule has 136 valence electrons. The molecule has 1 N–H and O–H groups in total. The number of methoxy groups -OCH3 is 1. The predicted molar refractivity (Wildman–Crippen MR) is 106 cm³/mol. The van der Waals surface area contributed by atoms with Gasteiger partial charge < -0.3 is 15.0 Å². The van der Waals surface area contributed by atoms with Crippen LogP contribution in [0.2, 0.25) is 0 Å². The zero-order chi connectivity index (χ0) is 17.3. The van der Waals surface area contributed by atoms with Gasteiger partial charge in [0.05, 0.1) is 29.4 Å². The lowest BCUT2D eigenvalue weighted by atomic mass is 10.1. The topological polar surface area (TPSA) is 55.2 Å². The van der Waals surface area contributed by atoms with E-state index in [9.17, 15) is 0 Å². The van der Waals surface area contributed by atoms with Gasteiger partial charge in [-0.3, -0.25) is 4.68 Å². The first kappa shape index (κ1) is 19.3. The third kappa shape index (κ3) is 3.80. The molecule has 0 spiro atoms. The number of rotatable bonds is 6. The van der Waals surface area contributed by atoms with Gasteiger partial charge in [0.25, 0.3) is 0 Å². The lowest BCUT2D eigenvalue weighted by Crippen LogP contribution is -2.16. The van der Waals surface area contributed by atoms with Crippen LogP contribution in [-0.2, 0) is 7.05 Å². The van der Waals surface area contributed by atoms with Crippen LogP contribution < -0.4 is 10.1 Å². The van der Waals surface area contributed by atoms with Gasteiger partial charge in [-0.2, -0.15) is 5.10 Å². The second kappa shape index (κ2) is 7.89. The Bertz CT molecular complexity index is 875. The Balaban J connectivity index is 0.00000225. The summed E-state index contributed by atoms with van der Waals surface area (Å²) in [4.78, 5) is 6.99. The van der Waals surface area contributed by atoms with Crippen LogP contribution in [0.25, 0.3) is 21.9 Å². The Labute approximate surface area is 154 Å². The molecule has 1 aromatic carbocycles. The van der Waals surface area contributed by atoms with Gasteiger partial charge >= 0.3 is 0 Å². The van der Waals surface area contributed by atoms with E-state index in [-0.39, 0.29) is 12.4 Å². The number of anilines is 1. The molecule has 7 heteroatoms. The van der Waals surface area contributed by atoms with Crippen LogP contribution >= 0.6 is 12.4 Å². The van der Waals surface area contributed by atoms with Crippen molar-refractivity contribution in [3.05, 3.63) is 23.9 Å². The van der Waals surface area contributed by atoms with E-state index < -0.39 is 0 Å². The first-order valence-electron chi connectivity index (χ1n) is 8.21. The van der Waals surface area contributed by atoms with E-state index in [0.717, 1.165) is 58.6 Å². The number of pyridine rings is 1. The number of benzene rings is 1. The molecule has 0 amide bonds. The fourth-order valence-electron chi connectivity index (χ4n) is 3.05. The summed E-state index contributed by atoms with van der Waals surface area (Å²) >= 11 is 0. The number of nitrogens with zero attached hydrogens (tertiary/aromatic N) is 4. The lowest BCUT2D eigenvalue weighted by molar-refractivity contribution is 0.405. The van der Waals surface area contributed by atoms with Crippen LogP contribution in [-0.4, -0.2) is 54.0 Å². The maximum atomic E-state index is 5.35. The minimum Gasteiger partial charge on any atom is -0.497 e. The van der Waals surface area contributed by atoms with Gasteiger partial charge in [0.15, 0.2) is 5.65 Å². The first-order valence-corrected chi connectivity index (χ1v) is 8.21. The molecule has 0 radical (unpaired) electrons. The molecule has 0 aliphatic rings. The van der Waals surface area contributed by atoms with Gasteiger partial charge in [-0.05, 0) is 46.1 Å². The van der Waals surface area contributed by atoms with Crippen molar-refractivity contribution in [3.63, 3.8) is 0 Å². The molecule has 3 rings (SSSR count). The van der Waals surface area contributed by atoms with E-state index >= 15 is 0 Å². The summed E-state index contributed by atoms with van der Waals surface area (Å²) in [6, 6.07) is 6.02. The summed E-state index contributed by atoms with van der Waals surface area (Å²) in [6.07, 6.45) is 1.08. The highest BCUT2D eigenvalue weighted by molar-refractivity contribution is 6.07. The van der Waals surface area contributed by atoms with Gasteiger partial charge in [0, 0.05) is 25.0 Å². The second-order valence-corrected chi connectivity index (χ2v) is 6.36. The zero-order valence-electron chi connectivity index (χ0n) is 15.5. The number of aryl methyl sites for hydroxylation is 2. The van der Waals surface area contributed by atoms with Crippen molar-refractivity contribution in [2.75, 3.05) is 39.6 Å². The fourth-order valence-corrected chi connectivity index (χ4v) is 3.05. The first-order chi connectivity index (χ1) is 11.5. The highest BCUT2D eigenvalue weighted by Gasteiger charge is 2.15. The molecule has 0 unspecified atom stereocenters. The lowest BCUT2D eigenvalue weighted by Gasteiger charge is -2.14. The molecule has 0 saturated heterocycles. The van der Waals surface area contributed by atoms with Crippen LogP contribution in [0, 0.1) is 6.92 Å². The van der Waals surface area contributed by atoms with E-state index in [1.165, 1.54) is 0 Å². The molecular weight excluding hydrogens is 338 g/mol. The largest absolute Gasteiger partial charge is 0.497 e. The number of fused-ring (bicyclic) bond motifs is 2. The number of nitrogens with one attached hydrogen (secondary N) is 1. The van der Waals surface area contributed by atoms with Crippen molar-refractivity contribution in [1.82, 2.24) is 19.7 Å². The summed E-state index contributed by atoms with van der Waals surface area (Å²) in [5.41, 5.74) is 3.91. The van der Waals surface area contributed by atoms with Gasteiger partial charge in [-0.15, -0.1) is 12.4 Å². The maximum absolute atomic E-state index is 5.35. The van der Waals surface area contributed by atoms with Gasteiger partial charge in [-0.1, -0.05) is 0 Å². The maximum Gasteiger partial charge on any atom is 0.160 e. The average Bonchev–Trinajstić information content (AvgIpc) is 2.84. The number of halogens is 1. The van der Waals surface area contributed by atoms with E-state index in [4.69, 9.17) is 9.72 Å². The second-order valence-electron chi connectivity index (χ2n) is 6.36. The van der Waals surface area contributed by atoms with Crippen molar-refractivity contribution in [2.24, 2.45) is 7.05 Å². The van der Waals surface area contributed by atoms with E-state index in [1.807, 2.05) is 30.8 Å². The SMILES string of the molecule is COc1ccc2c(NCCCN(C)C)c3c(C)nn(C)c3nc2c1.Cl. The highest BCUT2D eigenvalue weighted by Crippen LogP contribution is 2.34. The molecule has 6 nitrogen and oxygen atoms in total. The van der Waals surface area contributed by atoms with Crippen molar-refractivity contribution in [2.45, 2.75) is 13.3 Å². The molecule has 0 fully saturated rings. The Hall–Kier alpha value is -2.05. The van der Waals surface area contributed by atoms with Crippen molar-refractivity contribution in [3.8, 4) is 5.75 Å². The number of ether oxygens (including phenoxy) is 1. The van der Waals surface area contributed by atoms with Crippen LogP contribution in [0.15, 0.2) is 18.2 Å². The average molecular weight is 364 g/mol. The zero-order valence-corrected chi connectivity index (χ0v) is 16.3. The fraction of sp³-hybridized carbons (Fsp3) is 0.444. The predicted octanol–water partition coefficient (Wildman–Crippen LogP) is 3.22. The van der Waals surface area contributed by atoms with E-state index in [1.54, 1.807) is 7.11 Å². The summed E-state index contributed by atoms with van der Waals surface area (Å²) in [6.45, 7) is 4.00. The van der Waals surface area contributed by atoms with Crippen molar-refractivity contribution >= 4 is 40.0 Å². The van der Waals surface area contributed by atoms with Gasteiger partial charge in [0.1, 0.15) is 5.75 Å². The summed E-state index contributed by atoms with van der Waals surface area (Å²) in [7, 11) is 7.80. The molecule has 0 atom stereocenters. The molecular formula is C18H26ClN5O. The Morgan fingerprint density at radius 3 is 2.72 bits per heavy atom. The normalized spacial score (nSPS) is 11.1. The molecule has 0 aliphatic heterocycles. The molecule has 25 heavy (non-hydrogen) atoms. The smallest absolute Gasteiger partial charge is 0.160 e. The van der Waals surface area contributed by atoms with Crippen LogP contribution in [0.5, 0.6) is 5.75 Å².